The van der Waals surface area contributed by atoms with Crippen LogP contribution in [0.15, 0.2) is 42.5 Å². The number of rotatable bonds is 4. The molecule has 21 heavy (non-hydrogen) atoms. The normalized spacial score (nSPS) is 11.8. The lowest BCUT2D eigenvalue weighted by Gasteiger charge is -2.18. The van der Waals surface area contributed by atoms with E-state index in [1.54, 1.807) is 43.4 Å². The van der Waals surface area contributed by atoms with Gasteiger partial charge in [0.25, 0.3) is 5.91 Å². The molecule has 1 amide bonds. The van der Waals surface area contributed by atoms with E-state index in [1.807, 2.05) is 6.92 Å². The van der Waals surface area contributed by atoms with Crippen molar-refractivity contribution in [3.8, 4) is 0 Å². The summed E-state index contributed by atoms with van der Waals surface area (Å²) < 4.78 is 13.7. The summed E-state index contributed by atoms with van der Waals surface area (Å²) in [5, 5.41) is 5.69. The molecule has 1 unspecified atom stereocenters. The molecular weight excluding hydrogens is 269 g/mol. The molecule has 0 radical (unpaired) electrons. The molecule has 1 atom stereocenters. The van der Waals surface area contributed by atoms with Gasteiger partial charge in [-0.2, -0.15) is 0 Å². The summed E-state index contributed by atoms with van der Waals surface area (Å²) in [6.07, 6.45) is 0. The number of nitrogen functional groups attached to an aromatic ring is 1. The molecular formula is C16H18FN3O. The Labute approximate surface area is 123 Å². The Hall–Kier alpha value is -2.56. The number of hydrogen-bond acceptors (Lipinski definition) is 3. The van der Waals surface area contributed by atoms with E-state index in [9.17, 15) is 9.18 Å². The summed E-state index contributed by atoms with van der Waals surface area (Å²) >= 11 is 0. The second kappa shape index (κ2) is 6.26. The molecule has 0 spiro atoms. The van der Waals surface area contributed by atoms with Crippen molar-refractivity contribution in [2.24, 2.45) is 0 Å². The number of nitrogens with one attached hydrogen (secondary N) is 2. The minimum Gasteiger partial charge on any atom is -0.397 e. The van der Waals surface area contributed by atoms with Crippen LogP contribution in [0.5, 0.6) is 0 Å². The van der Waals surface area contributed by atoms with Crippen molar-refractivity contribution in [1.29, 1.82) is 0 Å². The molecule has 0 aliphatic rings. The van der Waals surface area contributed by atoms with Crippen LogP contribution in [0.25, 0.3) is 0 Å². The first kappa shape index (κ1) is 14.8. The lowest BCUT2D eigenvalue weighted by Crippen LogP contribution is -2.18. The summed E-state index contributed by atoms with van der Waals surface area (Å²) in [6, 6.07) is 11.3. The van der Waals surface area contributed by atoms with E-state index < -0.39 is 0 Å². The summed E-state index contributed by atoms with van der Waals surface area (Å²) in [6.45, 7) is 1.85. The van der Waals surface area contributed by atoms with Crippen molar-refractivity contribution >= 4 is 17.3 Å². The first-order valence-corrected chi connectivity index (χ1v) is 6.65. The van der Waals surface area contributed by atoms with Gasteiger partial charge in [-0.25, -0.2) is 4.39 Å². The van der Waals surface area contributed by atoms with E-state index in [4.69, 9.17) is 5.73 Å². The van der Waals surface area contributed by atoms with Gasteiger partial charge in [0.05, 0.1) is 17.4 Å². The van der Waals surface area contributed by atoms with Crippen LogP contribution in [0.4, 0.5) is 15.8 Å². The van der Waals surface area contributed by atoms with Gasteiger partial charge in [-0.05, 0) is 31.2 Å². The van der Waals surface area contributed by atoms with Gasteiger partial charge in [-0.3, -0.25) is 4.79 Å². The monoisotopic (exact) mass is 287 g/mol. The lowest BCUT2D eigenvalue weighted by atomic mass is 10.1. The second-order valence-electron chi connectivity index (χ2n) is 4.77. The number of benzene rings is 2. The zero-order valence-corrected chi connectivity index (χ0v) is 12.0. The van der Waals surface area contributed by atoms with Crippen LogP contribution in [-0.4, -0.2) is 13.0 Å². The van der Waals surface area contributed by atoms with Gasteiger partial charge in [0, 0.05) is 18.2 Å². The number of carbonyl (C=O) groups is 1. The molecule has 0 bridgehead atoms. The van der Waals surface area contributed by atoms with Crippen LogP contribution < -0.4 is 16.4 Å². The van der Waals surface area contributed by atoms with E-state index in [2.05, 4.69) is 10.6 Å². The van der Waals surface area contributed by atoms with E-state index in [0.29, 0.717) is 22.5 Å². The number of anilines is 2. The Bertz CT molecular complexity index is 658. The molecule has 0 aromatic heterocycles. The number of carbonyl (C=O) groups excluding carboxylic acids is 1. The highest BCUT2D eigenvalue weighted by Gasteiger charge is 2.12. The molecule has 0 aliphatic carbocycles. The molecule has 0 aliphatic heterocycles. The fourth-order valence-electron chi connectivity index (χ4n) is 2.12. The van der Waals surface area contributed by atoms with Gasteiger partial charge >= 0.3 is 0 Å². The summed E-state index contributed by atoms with van der Waals surface area (Å²) in [5.41, 5.74) is 8.10. The van der Waals surface area contributed by atoms with Gasteiger partial charge < -0.3 is 16.4 Å². The largest absolute Gasteiger partial charge is 0.397 e. The van der Waals surface area contributed by atoms with E-state index >= 15 is 0 Å². The van der Waals surface area contributed by atoms with E-state index in [1.165, 1.54) is 6.07 Å². The molecule has 0 saturated heterocycles. The molecule has 4 nitrogen and oxygen atoms in total. The summed E-state index contributed by atoms with van der Waals surface area (Å²) in [5.74, 6) is -0.464. The standard InChI is InChI=1S/C16H18FN3O/c1-10(12-5-3-4-6-13(12)17)20-15-8-7-11(9-14(15)18)16(21)19-2/h3-10,20H,18H2,1-2H3,(H,19,21). The van der Waals surface area contributed by atoms with Crippen molar-refractivity contribution in [3.63, 3.8) is 0 Å². The first-order chi connectivity index (χ1) is 10.0. The first-order valence-electron chi connectivity index (χ1n) is 6.65. The van der Waals surface area contributed by atoms with Crippen molar-refractivity contribution < 1.29 is 9.18 Å². The zero-order chi connectivity index (χ0) is 15.4. The molecule has 0 heterocycles. The maximum Gasteiger partial charge on any atom is 0.251 e. The third-order valence-corrected chi connectivity index (χ3v) is 3.28. The number of amides is 1. The SMILES string of the molecule is CNC(=O)c1ccc(NC(C)c2ccccc2F)c(N)c1. The van der Waals surface area contributed by atoms with Gasteiger partial charge in [0.2, 0.25) is 0 Å². The van der Waals surface area contributed by atoms with Gasteiger partial charge in [0.15, 0.2) is 0 Å². The average molecular weight is 287 g/mol. The summed E-state index contributed by atoms with van der Waals surface area (Å²) in [4.78, 5) is 11.5. The molecule has 4 N–H and O–H groups in total. The highest BCUT2D eigenvalue weighted by Crippen LogP contribution is 2.26. The highest BCUT2D eigenvalue weighted by atomic mass is 19.1. The predicted octanol–water partition coefficient (Wildman–Crippen LogP) is 2.94. The summed E-state index contributed by atoms with van der Waals surface area (Å²) in [7, 11) is 1.56. The third kappa shape index (κ3) is 3.31. The number of nitrogens with two attached hydrogens (primary N) is 1. The Morgan fingerprint density at radius 2 is 1.95 bits per heavy atom. The minimum atomic E-state index is -0.266. The Kier molecular flexibility index (Phi) is 4.42. The molecule has 5 heteroatoms. The molecule has 0 saturated carbocycles. The van der Waals surface area contributed by atoms with Crippen LogP contribution in [0, 0.1) is 5.82 Å². The number of halogens is 1. The quantitative estimate of drug-likeness (QED) is 0.757. The number of hydrogen-bond donors (Lipinski definition) is 3. The molecule has 2 aromatic carbocycles. The van der Waals surface area contributed by atoms with Crippen LogP contribution in [0.2, 0.25) is 0 Å². The fraction of sp³-hybridized carbons (Fsp3) is 0.188. The molecule has 2 rings (SSSR count). The van der Waals surface area contributed by atoms with Gasteiger partial charge in [-0.1, -0.05) is 18.2 Å². The molecule has 2 aromatic rings. The van der Waals surface area contributed by atoms with Crippen LogP contribution in [-0.2, 0) is 0 Å². The second-order valence-corrected chi connectivity index (χ2v) is 4.77. The van der Waals surface area contributed by atoms with E-state index in [-0.39, 0.29) is 17.8 Å². The molecule has 110 valence electrons. The predicted molar refractivity (Wildman–Crippen MR) is 82.7 cm³/mol. The Morgan fingerprint density at radius 3 is 2.57 bits per heavy atom. The van der Waals surface area contributed by atoms with Crippen LogP contribution >= 0.6 is 0 Å². The smallest absolute Gasteiger partial charge is 0.251 e. The molecule has 0 fully saturated rings. The topological polar surface area (TPSA) is 67.2 Å². The highest BCUT2D eigenvalue weighted by molar-refractivity contribution is 5.95. The Balaban J connectivity index is 2.20. The van der Waals surface area contributed by atoms with Crippen LogP contribution in [0.1, 0.15) is 28.9 Å². The van der Waals surface area contributed by atoms with Gasteiger partial charge in [-0.15, -0.1) is 0 Å². The maximum absolute atomic E-state index is 13.7. The Morgan fingerprint density at radius 1 is 1.24 bits per heavy atom. The van der Waals surface area contributed by atoms with Crippen molar-refractivity contribution in [3.05, 3.63) is 59.4 Å². The zero-order valence-electron chi connectivity index (χ0n) is 12.0. The fourth-order valence-corrected chi connectivity index (χ4v) is 2.12. The van der Waals surface area contributed by atoms with Gasteiger partial charge in [0.1, 0.15) is 5.82 Å². The van der Waals surface area contributed by atoms with Crippen molar-refractivity contribution in [2.45, 2.75) is 13.0 Å². The minimum absolute atomic E-state index is 0.199. The lowest BCUT2D eigenvalue weighted by molar-refractivity contribution is 0.0963. The van der Waals surface area contributed by atoms with Crippen LogP contribution in [0.3, 0.4) is 0 Å². The average Bonchev–Trinajstić information content (AvgIpc) is 2.48. The van der Waals surface area contributed by atoms with E-state index in [0.717, 1.165) is 0 Å². The van der Waals surface area contributed by atoms with Crippen molar-refractivity contribution in [2.75, 3.05) is 18.1 Å². The van der Waals surface area contributed by atoms with Crippen molar-refractivity contribution in [1.82, 2.24) is 5.32 Å². The maximum atomic E-state index is 13.7. The third-order valence-electron chi connectivity index (χ3n) is 3.28.